The summed E-state index contributed by atoms with van der Waals surface area (Å²) in [7, 11) is 3.94. The van der Waals surface area contributed by atoms with E-state index >= 15 is 0 Å². The van der Waals surface area contributed by atoms with Gasteiger partial charge >= 0.3 is 0 Å². The van der Waals surface area contributed by atoms with Crippen LogP contribution >= 0.6 is 0 Å². The lowest BCUT2D eigenvalue weighted by Crippen LogP contribution is -2.19. The fraction of sp³-hybridized carbons (Fsp3) is 0.714. The molecule has 1 rings (SSSR count). The highest BCUT2D eigenvalue weighted by Gasteiger charge is 2.12. The minimum absolute atomic E-state index is 0.238. The summed E-state index contributed by atoms with van der Waals surface area (Å²) in [5, 5.41) is 18.3. The second-order valence-electron chi connectivity index (χ2n) is 4.57. The first-order chi connectivity index (χ1) is 8.93. The molecule has 0 saturated carbocycles. The van der Waals surface area contributed by atoms with E-state index in [-0.39, 0.29) is 6.61 Å². The molecule has 0 bridgehead atoms. The van der Waals surface area contributed by atoms with Gasteiger partial charge in [0.25, 0.3) is 0 Å². The van der Waals surface area contributed by atoms with Crippen molar-refractivity contribution < 1.29 is 10.2 Å². The van der Waals surface area contributed by atoms with E-state index in [1.165, 1.54) is 0 Å². The molecule has 0 fully saturated rings. The van der Waals surface area contributed by atoms with Crippen LogP contribution in [0, 0.1) is 13.8 Å². The van der Waals surface area contributed by atoms with Gasteiger partial charge in [-0.1, -0.05) is 13.8 Å². The smallest absolute Gasteiger partial charge is 0.142 e. The molecule has 0 aliphatic rings. The molecule has 0 aliphatic heterocycles. The highest BCUT2D eigenvalue weighted by molar-refractivity contribution is 5.25. The largest absolute Gasteiger partial charge is 0.394 e. The van der Waals surface area contributed by atoms with E-state index in [2.05, 4.69) is 9.97 Å². The highest BCUT2D eigenvalue weighted by Crippen LogP contribution is 2.13. The lowest BCUT2D eigenvalue weighted by atomic mass is 10.1. The molecule has 0 radical (unpaired) electrons. The average molecular weight is 269 g/mol. The van der Waals surface area contributed by atoms with Gasteiger partial charge in [-0.05, 0) is 33.5 Å². The van der Waals surface area contributed by atoms with Gasteiger partial charge in [-0.15, -0.1) is 0 Å². The summed E-state index contributed by atoms with van der Waals surface area (Å²) in [5.74, 6) is 0.784. The van der Waals surface area contributed by atoms with E-state index < -0.39 is 6.10 Å². The van der Waals surface area contributed by atoms with Gasteiger partial charge in [-0.25, -0.2) is 9.97 Å². The number of nitrogens with zero attached hydrogens (tertiary/aromatic N) is 3. The van der Waals surface area contributed by atoms with Crippen molar-refractivity contribution in [3.63, 3.8) is 0 Å². The molecule has 1 unspecified atom stereocenters. The Morgan fingerprint density at radius 1 is 1.11 bits per heavy atom. The lowest BCUT2D eigenvalue weighted by molar-refractivity contribution is 0.0951. The van der Waals surface area contributed by atoms with Crippen molar-refractivity contribution in [3.8, 4) is 0 Å². The maximum atomic E-state index is 9.46. The number of rotatable bonds is 5. The first-order valence-corrected chi connectivity index (χ1v) is 6.70. The van der Waals surface area contributed by atoms with Gasteiger partial charge in [0.05, 0.1) is 19.3 Å². The number of aromatic nitrogens is 2. The molecular formula is C14H27N3O2. The van der Waals surface area contributed by atoms with Gasteiger partial charge in [-0.2, -0.15) is 0 Å². The van der Waals surface area contributed by atoms with E-state index in [9.17, 15) is 5.11 Å². The van der Waals surface area contributed by atoms with Crippen LogP contribution in [0.5, 0.6) is 0 Å². The predicted molar refractivity (Wildman–Crippen MR) is 77.0 cm³/mol. The van der Waals surface area contributed by atoms with Crippen molar-refractivity contribution in [2.75, 3.05) is 20.7 Å². The van der Waals surface area contributed by atoms with Crippen molar-refractivity contribution in [2.24, 2.45) is 0 Å². The Morgan fingerprint density at radius 2 is 1.58 bits per heavy atom. The Morgan fingerprint density at radius 3 is 1.95 bits per heavy atom. The average Bonchev–Trinajstić information content (AvgIpc) is 2.35. The van der Waals surface area contributed by atoms with E-state index in [1.54, 1.807) is 0 Å². The topological polar surface area (TPSA) is 69.5 Å². The molecule has 5 nitrogen and oxygen atoms in total. The Balaban J connectivity index is 0.00000154. The minimum atomic E-state index is -0.740. The third kappa shape index (κ3) is 6.09. The summed E-state index contributed by atoms with van der Waals surface area (Å²) >= 11 is 0. The van der Waals surface area contributed by atoms with Crippen LogP contribution in [0.15, 0.2) is 0 Å². The van der Waals surface area contributed by atoms with Crippen molar-refractivity contribution in [1.82, 2.24) is 14.9 Å². The maximum absolute atomic E-state index is 9.46. The molecule has 0 spiro atoms. The molecule has 110 valence electrons. The minimum Gasteiger partial charge on any atom is -0.394 e. The molecule has 1 aromatic heterocycles. The molecule has 0 aliphatic carbocycles. The number of aliphatic hydroxyl groups excluding tert-OH is 2. The van der Waals surface area contributed by atoms with Crippen molar-refractivity contribution in [3.05, 3.63) is 22.8 Å². The molecule has 1 atom stereocenters. The summed E-state index contributed by atoms with van der Waals surface area (Å²) < 4.78 is 0. The third-order valence-electron chi connectivity index (χ3n) is 2.58. The van der Waals surface area contributed by atoms with E-state index in [0.29, 0.717) is 13.0 Å². The van der Waals surface area contributed by atoms with Crippen LogP contribution in [0.25, 0.3) is 0 Å². The van der Waals surface area contributed by atoms with Crippen LogP contribution in [0.1, 0.15) is 36.6 Å². The lowest BCUT2D eigenvalue weighted by Gasteiger charge is -2.15. The molecule has 0 saturated heterocycles. The van der Waals surface area contributed by atoms with E-state index in [1.807, 2.05) is 46.7 Å². The predicted octanol–water partition coefficient (Wildman–Crippen LogP) is 1.08. The van der Waals surface area contributed by atoms with Gasteiger partial charge in [0.2, 0.25) is 0 Å². The summed E-state index contributed by atoms with van der Waals surface area (Å²) in [6, 6.07) is 0. The molecule has 0 aromatic carbocycles. The zero-order valence-corrected chi connectivity index (χ0v) is 12.9. The summed E-state index contributed by atoms with van der Waals surface area (Å²) in [6.45, 7) is 8.28. The SMILES string of the molecule is CC.Cc1nc(CN(C)C)nc(C)c1CC(O)CO. The Hall–Kier alpha value is -1.04. The molecule has 1 heterocycles. The number of hydrogen-bond acceptors (Lipinski definition) is 5. The van der Waals surface area contributed by atoms with Crippen LogP contribution in [-0.4, -0.2) is 51.9 Å². The third-order valence-corrected chi connectivity index (χ3v) is 2.58. The summed E-state index contributed by atoms with van der Waals surface area (Å²) in [6.07, 6.45) is -0.341. The second-order valence-corrected chi connectivity index (χ2v) is 4.57. The first kappa shape index (κ1) is 18.0. The second kappa shape index (κ2) is 8.96. The van der Waals surface area contributed by atoms with Gasteiger partial charge in [0.15, 0.2) is 0 Å². The summed E-state index contributed by atoms with van der Waals surface area (Å²) in [5.41, 5.74) is 2.68. The quantitative estimate of drug-likeness (QED) is 0.837. The van der Waals surface area contributed by atoms with Gasteiger partial charge < -0.3 is 15.1 Å². The zero-order valence-electron chi connectivity index (χ0n) is 12.9. The molecule has 5 heteroatoms. The number of hydrogen-bond donors (Lipinski definition) is 2. The van der Waals surface area contributed by atoms with Crippen LogP contribution in [-0.2, 0) is 13.0 Å². The Kier molecular flexibility index (Phi) is 8.47. The number of aryl methyl sites for hydroxylation is 2. The fourth-order valence-electron chi connectivity index (χ4n) is 1.76. The Bertz CT molecular complexity index is 358. The molecule has 2 N–H and O–H groups in total. The van der Waals surface area contributed by atoms with Gasteiger partial charge in [0.1, 0.15) is 5.82 Å². The van der Waals surface area contributed by atoms with Crippen LogP contribution in [0.3, 0.4) is 0 Å². The summed E-state index contributed by atoms with van der Waals surface area (Å²) in [4.78, 5) is 10.8. The Labute approximate surface area is 116 Å². The maximum Gasteiger partial charge on any atom is 0.142 e. The zero-order chi connectivity index (χ0) is 15.0. The van der Waals surface area contributed by atoms with Crippen LogP contribution < -0.4 is 0 Å². The van der Waals surface area contributed by atoms with Gasteiger partial charge in [0, 0.05) is 17.8 Å². The normalized spacial score (nSPS) is 12.1. The van der Waals surface area contributed by atoms with Crippen molar-refractivity contribution in [1.29, 1.82) is 0 Å². The van der Waals surface area contributed by atoms with Crippen LogP contribution in [0.4, 0.5) is 0 Å². The number of aliphatic hydroxyl groups is 2. The molecule has 0 amide bonds. The highest BCUT2D eigenvalue weighted by atomic mass is 16.3. The van der Waals surface area contributed by atoms with Crippen molar-refractivity contribution >= 4 is 0 Å². The first-order valence-electron chi connectivity index (χ1n) is 6.70. The molecule has 1 aromatic rings. The van der Waals surface area contributed by atoms with Crippen LogP contribution in [0.2, 0.25) is 0 Å². The van der Waals surface area contributed by atoms with Gasteiger partial charge in [-0.3, -0.25) is 0 Å². The molecule has 19 heavy (non-hydrogen) atoms. The fourth-order valence-corrected chi connectivity index (χ4v) is 1.76. The van der Waals surface area contributed by atoms with Crippen molar-refractivity contribution in [2.45, 2.75) is 46.8 Å². The standard InChI is InChI=1S/C12H21N3O2.C2H6/c1-8-11(5-10(17)7-16)9(2)14-12(13-8)6-15(3)4;1-2/h10,16-17H,5-7H2,1-4H3;1-2H3. The van der Waals surface area contributed by atoms with E-state index in [0.717, 1.165) is 22.8 Å². The molecular weight excluding hydrogens is 242 g/mol. The van der Waals surface area contributed by atoms with E-state index in [4.69, 9.17) is 5.11 Å². The monoisotopic (exact) mass is 269 g/mol.